The third kappa shape index (κ3) is 2.59. The quantitative estimate of drug-likeness (QED) is 0.645. The molecule has 1 aromatic heterocycles. The Morgan fingerprint density at radius 2 is 2.47 bits per heavy atom. The topological polar surface area (TPSA) is 83.8 Å². The monoisotopic (exact) mass is 208 g/mol. The lowest BCUT2D eigenvalue weighted by molar-refractivity contribution is 0.0936. The van der Waals surface area contributed by atoms with Gasteiger partial charge < -0.3 is 11.1 Å². The van der Waals surface area contributed by atoms with Gasteiger partial charge in [0.05, 0.1) is 11.4 Å². The largest absolute Gasteiger partial charge is 0.395 e. The van der Waals surface area contributed by atoms with Crippen LogP contribution in [-0.2, 0) is 0 Å². The van der Waals surface area contributed by atoms with E-state index in [0.717, 1.165) is 6.42 Å². The Hall–Kier alpha value is -1.78. The van der Waals surface area contributed by atoms with E-state index in [0.29, 0.717) is 11.4 Å². The number of hydrogen-bond acceptors (Lipinski definition) is 3. The number of nitrogens with two attached hydrogens (primary N) is 1. The van der Waals surface area contributed by atoms with Crippen molar-refractivity contribution in [2.75, 3.05) is 5.73 Å². The predicted octanol–water partition coefficient (Wildman–Crippen LogP) is 0.995. The van der Waals surface area contributed by atoms with Crippen LogP contribution in [0, 0.1) is 6.92 Å². The van der Waals surface area contributed by atoms with Crippen molar-refractivity contribution in [2.24, 2.45) is 0 Å². The number of aromatic amines is 1. The van der Waals surface area contributed by atoms with Gasteiger partial charge in [0.1, 0.15) is 0 Å². The van der Waals surface area contributed by atoms with Gasteiger partial charge in [-0.25, -0.2) is 0 Å². The molecule has 1 heterocycles. The Balaban J connectivity index is 2.69. The van der Waals surface area contributed by atoms with E-state index in [1.807, 2.05) is 6.92 Å². The Morgan fingerprint density at radius 1 is 1.80 bits per heavy atom. The van der Waals surface area contributed by atoms with Crippen molar-refractivity contribution in [3.8, 4) is 0 Å². The minimum atomic E-state index is -0.258. The molecular formula is C10H16N4O. The van der Waals surface area contributed by atoms with Gasteiger partial charge in [-0.2, -0.15) is 5.10 Å². The fourth-order valence-electron chi connectivity index (χ4n) is 1.21. The van der Waals surface area contributed by atoms with E-state index in [4.69, 9.17) is 5.73 Å². The highest BCUT2D eigenvalue weighted by Gasteiger charge is 2.16. The summed E-state index contributed by atoms with van der Waals surface area (Å²) in [4.78, 5) is 11.7. The average Bonchev–Trinajstić information content (AvgIpc) is 2.48. The number of rotatable bonds is 4. The zero-order chi connectivity index (χ0) is 11.4. The second-order valence-corrected chi connectivity index (χ2v) is 3.51. The van der Waals surface area contributed by atoms with E-state index >= 15 is 0 Å². The van der Waals surface area contributed by atoms with Crippen molar-refractivity contribution in [3.63, 3.8) is 0 Å². The maximum absolute atomic E-state index is 11.7. The van der Waals surface area contributed by atoms with Crippen LogP contribution in [0.15, 0.2) is 12.7 Å². The van der Waals surface area contributed by atoms with Gasteiger partial charge >= 0.3 is 0 Å². The molecule has 0 aliphatic heterocycles. The van der Waals surface area contributed by atoms with Gasteiger partial charge in [-0.15, -0.1) is 6.58 Å². The summed E-state index contributed by atoms with van der Waals surface area (Å²) in [5.41, 5.74) is 7.04. The summed E-state index contributed by atoms with van der Waals surface area (Å²) in [7, 11) is 0. The predicted molar refractivity (Wildman–Crippen MR) is 59.5 cm³/mol. The van der Waals surface area contributed by atoms with Crippen molar-refractivity contribution < 1.29 is 4.79 Å². The van der Waals surface area contributed by atoms with Crippen LogP contribution in [0.1, 0.15) is 29.5 Å². The highest BCUT2D eigenvalue weighted by atomic mass is 16.2. The molecule has 0 aliphatic rings. The first-order valence-electron chi connectivity index (χ1n) is 4.78. The lowest BCUT2D eigenvalue weighted by atomic mass is 10.2. The van der Waals surface area contributed by atoms with Gasteiger partial charge in [0, 0.05) is 6.04 Å². The molecule has 1 unspecified atom stereocenters. The lowest BCUT2D eigenvalue weighted by Crippen LogP contribution is -2.32. The van der Waals surface area contributed by atoms with E-state index in [-0.39, 0.29) is 17.6 Å². The number of aromatic nitrogens is 2. The summed E-state index contributed by atoms with van der Waals surface area (Å²) in [6.07, 6.45) is 2.47. The second kappa shape index (κ2) is 4.63. The van der Waals surface area contributed by atoms with Crippen molar-refractivity contribution in [1.82, 2.24) is 15.5 Å². The van der Waals surface area contributed by atoms with Crippen LogP contribution in [0.5, 0.6) is 0 Å². The molecule has 15 heavy (non-hydrogen) atoms. The summed E-state index contributed by atoms with van der Waals surface area (Å²) in [5.74, 6) is -0.258. The molecule has 1 atom stereocenters. The number of aryl methyl sites for hydroxylation is 1. The van der Waals surface area contributed by atoms with E-state index < -0.39 is 0 Å². The van der Waals surface area contributed by atoms with Gasteiger partial charge in [0.15, 0.2) is 5.69 Å². The van der Waals surface area contributed by atoms with Crippen molar-refractivity contribution in [3.05, 3.63) is 24.0 Å². The number of amides is 1. The first kappa shape index (κ1) is 11.3. The number of carbonyl (C=O) groups excluding carboxylic acids is 1. The van der Waals surface area contributed by atoms with Gasteiger partial charge in [-0.05, 0) is 20.3 Å². The van der Waals surface area contributed by atoms with Crippen LogP contribution >= 0.6 is 0 Å². The zero-order valence-corrected chi connectivity index (χ0v) is 9.00. The highest BCUT2D eigenvalue weighted by molar-refractivity contribution is 5.97. The minimum Gasteiger partial charge on any atom is -0.395 e. The molecule has 5 nitrogen and oxygen atoms in total. The summed E-state index contributed by atoms with van der Waals surface area (Å²) in [5, 5.41) is 9.29. The summed E-state index contributed by atoms with van der Waals surface area (Å²) in [6.45, 7) is 7.27. The summed E-state index contributed by atoms with van der Waals surface area (Å²) in [6, 6.07) is 0.0337. The molecule has 0 spiro atoms. The Morgan fingerprint density at radius 3 is 2.93 bits per heavy atom. The Labute approximate surface area is 88.7 Å². The third-order valence-electron chi connectivity index (χ3n) is 2.11. The van der Waals surface area contributed by atoms with Crippen LogP contribution in [0.4, 0.5) is 5.69 Å². The highest BCUT2D eigenvalue weighted by Crippen LogP contribution is 2.12. The van der Waals surface area contributed by atoms with Crippen molar-refractivity contribution in [1.29, 1.82) is 0 Å². The second-order valence-electron chi connectivity index (χ2n) is 3.51. The SMILES string of the molecule is C=CCC(C)NC(=O)c1n[nH]c(C)c1N. The molecule has 82 valence electrons. The minimum absolute atomic E-state index is 0.0337. The maximum atomic E-state index is 11.7. The fraction of sp³-hybridized carbons (Fsp3) is 0.400. The molecule has 0 fully saturated rings. The number of nitrogens with zero attached hydrogens (tertiary/aromatic N) is 1. The van der Waals surface area contributed by atoms with Gasteiger partial charge in [0.2, 0.25) is 0 Å². The van der Waals surface area contributed by atoms with Crippen LogP contribution < -0.4 is 11.1 Å². The molecule has 1 rings (SSSR count). The molecule has 0 aliphatic carbocycles. The molecule has 0 bridgehead atoms. The summed E-state index contributed by atoms with van der Waals surface area (Å²) < 4.78 is 0. The molecule has 1 aromatic rings. The molecule has 0 radical (unpaired) electrons. The average molecular weight is 208 g/mol. The van der Waals surface area contributed by atoms with Gasteiger partial charge in [-0.3, -0.25) is 9.89 Å². The molecule has 5 heteroatoms. The van der Waals surface area contributed by atoms with Crippen LogP contribution in [0.25, 0.3) is 0 Å². The van der Waals surface area contributed by atoms with E-state index in [1.165, 1.54) is 0 Å². The number of nitrogen functional groups attached to an aromatic ring is 1. The van der Waals surface area contributed by atoms with Gasteiger partial charge in [-0.1, -0.05) is 6.08 Å². The fourth-order valence-corrected chi connectivity index (χ4v) is 1.21. The zero-order valence-electron chi connectivity index (χ0n) is 9.00. The van der Waals surface area contributed by atoms with Gasteiger partial charge in [0.25, 0.3) is 5.91 Å². The molecular weight excluding hydrogens is 192 g/mol. The van der Waals surface area contributed by atoms with E-state index in [1.54, 1.807) is 13.0 Å². The summed E-state index contributed by atoms with van der Waals surface area (Å²) >= 11 is 0. The Bertz CT molecular complexity index is 369. The standard InChI is InChI=1S/C10H16N4O/c1-4-5-6(2)12-10(15)9-8(11)7(3)13-14-9/h4,6H,1,5,11H2,2-3H3,(H,12,15)(H,13,14). The maximum Gasteiger partial charge on any atom is 0.274 e. The van der Waals surface area contributed by atoms with Crippen molar-refractivity contribution in [2.45, 2.75) is 26.3 Å². The number of carbonyl (C=O) groups is 1. The third-order valence-corrected chi connectivity index (χ3v) is 2.11. The first-order valence-corrected chi connectivity index (χ1v) is 4.78. The number of hydrogen-bond donors (Lipinski definition) is 3. The smallest absolute Gasteiger partial charge is 0.274 e. The number of H-pyrrole nitrogens is 1. The number of nitrogens with one attached hydrogen (secondary N) is 2. The van der Waals surface area contributed by atoms with Crippen molar-refractivity contribution >= 4 is 11.6 Å². The van der Waals surface area contributed by atoms with E-state index in [9.17, 15) is 4.79 Å². The van der Waals surface area contributed by atoms with Crippen LogP contribution in [0.3, 0.4) is 0 Å². The Kier molecular flexibility index (Phi) is 3.49. The van der Waals surface area contributed by atoms with Crippen LogP contribution in [0.2, 0.25) is 0 Å². The normalized spacial score (nSPS) is 12.1. The van der Waals surface area contributed by atoms with E-state index in [2.05, 4.69) is 22.1 Å². The lowest BCUT2D eigenvalue weighted by Gasteiger charge is -2.10. The molecule has 4 N–H and O–H groups in total. The molecule has 0 saturated heterocycles. The number of anilines is 1. The molecule has 0 aromatic carbocycles. The molecule has 1 amide bonds. The molecule has 0 saturated carbocycles. The first-order chi connectivity index (χ1) is 7.06. The van der Waals surface area contributed by atoms with Crippen LogP contribution in [-0.4, -0.2) is 22.1 Å².